The Morgan fingerprint density at radius 2 is 1.68 bits per heavy atom. The Morgan fingerprint density at radius 1 is 1.00 bits per heavy atom. The third-order valence-electron chi connectivity index (χ3n) is 2.55. The van der Waals surface area contributed by atoms with Crippen LogP contribution in [0.1, 0.15) is 16.8 Å². The summed E-state index contributed by atoms with van der Waals surface area (Å²) in [4.78, 5) is 0. The molecular weight excluding hydrogens is 255 g/mol. The summed E-state index contributed by atoms with van der Waals surface area (Å²) >= 11 is 0. The van der Waals surface area contributed by atoms with Gasteiger partial charge >= 0.3 is 6.18 Å². The maximum atomic E-state index is 12.4. The zero-order chi connectivity index (χ0) is 13.9. The van der Waals surface area contributed by atoms with Crippen LogP contribution in [0.15, 0.2) is 36.4 Å². The Morgan fingerprint density at radius 3 is 2.21 bits per heavy atom. The van der Waals surface area contributed by atoms with Crippen LogP contribution in [0.5, 0.6) is 0 Å². The number of benzene rings is 1. The lowest BCUT2D eigenvalue weighted by Gasteiger charge is -2.08. The molecule has 1 aromatic heterocycles. The molecule has 0 saturated carbocycles. The van der Waals surface area contributed by atoms with Crippen LogP contribution < -0.4 is 5.32 Å². The van der Waals surface area contributed by atoms with Crippen LogP contribution in [0.4, 0.5) is 19.0 Å². The molecule has 0 fully saturated rings. The maximum absolute atomic E-state index is 12.4. The van der Waals surface area contributed by atoms with Gasteiger partial charge in [-0.2, -0.15) is 18.3 Å². The molecule has 0 aliphatic carbocycles. The van der Waals surface area contributed by atoms with Gasteiger partial charge < -0.3 is 5.32 Å². The highest BCUT2D eigenvalue weighted by Crippen LogP contribution is 2.29. The number of rotatable bonds is 3. The minimum Gasteiger partial charge on any atom is -0.365 e. The van der Waals surface area contributed by atoms with Gasteiger partial charge in [0, 0.05) is 6.54 Å². The van der Waals surface area contributed by atoms with Gasteiger partial charge in [-0.25, -0.2) is 0 Å². The van der Waals surface area contributed by atoms with E-state index >= 15 is 0 Å². The molecular formula is C13H12F3N3. The summed E-state index contributed by atoms with van der Waals surface area (Å²) in [7, 11) is 0. The van der Waals surface area contributed by atoms with Gasteiger partial charge in [0.2, 0.25) is 0 Å². The van der Waals surface area contributed by atoms with Crippen LogP contribution in [0.25, 0.3) is 0 Å². The molecule has 0 saturated heterocycles. The summed E-state index contributed by atoms with van der Waals surface area (Å²) in [6.45, 7) is 2.22. The second-order valence-corrected chi connectivity index (χ2v) is 4.11. The number of aryl methyl sites for hydroxylation is 1. The zero-order valence-electron chi connectivity index (χ0n) is 10.2. The van der Waals surface area contributed by atoms with Crippen LogP contribution in [-0.2, 0) is 12.7 Å². The van der Waals surface area contributed by atoms with E-state index in [0.717, 1.165) is 23.4 Å². The molecule has 3 nitrogen and oxygen atoms in total. The summed E-state index contributed by atoms with van der Waals surface area (Å²) in [6.07, 6.45) is -4.30. The Labute approximate surface area is 108 Å². The number of halogens is 3. The molecule has 0 aliphatic rings. The van der Waals surface area contributed by atoms with Crippen molar-refractivity contribution >= 4 is 5.82 Å². The SMILES string of the molecule is Cc1ccc(NCc2ccc(C(F)(F)F)cc2)nn1. The Bertz CT molecular complexity index is 533. The smallest absolute Gasteiger partial charge is 0.365 e. The monoisotopic (exact) mass is 267 g/mol. The van der Waals surface area contributed by atoms with E-state index in [-0.39, 0.29) is 0 Å². The van der Waals surface area contributed by atoms with Gasteiger partial charge in [-0.1, -0.05) is 12.1 Å². The van der Waals surface area contributed by atoms with Crippen molar-refractivity contribution < 1.29 is 13.2 Å². The molecule has 6 heteroatoms. The standard InChI is InChI=1S/C13H12F3N3/c1-9-2-7-12(19-18-9)17-8-10-3-5-11(6-4-10)13(14,15)16/h2-7H,8H2,1H3,(H,17,19). The van der Waals surface area contributed by atoms with Crippen LogP contribution in [0, 0.1) is 6.92 Å². The Kier molecular flexibility index (Phi) is 3.69. The first kappa shape index (κ1) is 13.3. The Balaban J connectivity index is 1.98. The van der Waals surface area contributed by atoms with Crippen LogP contribution in [-0.4, -0.2) is 10.2 Å². The van der Waals surface area contributed by atoms with E-state index < -0.39 is 11.7 Å². The molecule has 1 aromatic carbocycles. The van der Waals surface area contributed by atoms with E-state index in [1.165, 1.54) is 12.1 Å². The largest absolute Gasteiger partial charge is 0.416 e. The van der Waals surface area contributed by atoms with E-state index in [4.69, 9.17) is 0 Å². The molecule has 0 radical (unpaired) electrons. The summed E-state index contributed by atoms with van der Waals surface area (Å²) in [5, 5.41) is 10.8. The van der Waals surface area contributed by atoms with E-state index in [9.17, 15) is 13.2 Å². The molecule has 0 aliphatic heterocycles. The minimum atomic E-state index is -4.30. The molecule has 0 amide bonds. The maximum Gasteiger partial charge on any atom is 0.416 e. The predicted octanol–water partition coefficient (Wildman–Crippen LogP) is 3.42. The van der Waals surface area contributed by atoms with E-state index in [1.54, 1.807) is 6.07 Å². The lowest BCUT2D eigenvalue weighted by molar-refractivity contribution is -0.137. The normalized spacial score (nSPS) is 11.4. The quantitative estimate of drug-likeness (QED) is 0.926. The number of aromatic nitrogens is 2. The molecule has 0 spiro atoms. The zero-order valence-corrected chi connectivity index (χ0v) is 10.2. The molecule has 100 valence electrons. The highest BCUT2D eigenvalue weighted by atomic mass is 19.4. The second kappa shape index (κ2) is 5.26. The van der Waals surface area contributed by atoms with E-state index in [0.29, 0.717) is 12.4 Å². The topological polar surface area (TPSA) is 37.8 Å². The number of nitrogens with zero attached hydrogens (tertiary/aromatic N) is 2. The lowest BCUT2D eigenvalue weighted by atomic mass is 10.1. The molecule has 1 heterocycles. The first-order valence-electron chi connectivity index (χ1n) is 5.65. The highest BCUT2D eigenvalue weighted by Gasteiger charge is 2.29. The average Bonchev–Trinajstić information content (AvgIpc) is 2.37. The van der Waals surface area contributed by atoms with Crippen LogP contribution in [0.2, 0.25) is 0 Å². The summed E-state index contributed by atoms with van der Waals surface area (Å²) < 4.78 is 37.1. The number of nitrogens with one attached hydrogen (secondary N) is 1. The van der Waals surface area contributed by atoms with Crippen LogP contribution >= 0.6 is 0 Å². The molecule has 0 atom stereocenters. The van der Waals surface area contributed by atoms with Gasteiger partial charge in [-0.15, -0.1) is 5.10 Å². The highest BCUT2D eigenvalue weighted by molar-refractivity contribution is 5.35. The molecule has 0 bridgehead atoms. The van der Waals surface area contributed by atoms with Crippen molar-refractivity contribution in [1.82, 2.24) is 10.2 Å². The second-order valence-electron chi connectivity index (χ2n) is 4.11. The summed E-state index contributed by atoms with van der Waals surface area (Å²) in [5.74, 6) is 0.588. The molecule has 0 unspecified atom stereocenters. The molecule has 2 rings (SSSR count). The van der Waals surface area contributed by atoms with Gasteiger partial charge in [-0.05, 0) is 36.8 Å². The van der Waals surface area contributed by atoms with Gasteiger partial charge in [0.15, 0.2) is 0 Å². The van der Waals surface area contributed by atoms with Crippen molar-refractivity contribution in [2.75, 3.05) is 5.32 Å². The first-order chi connectivity index (χ1) is 8.95. The van der Waals surface area contributed by atoms with Crippen molar-refractivity contribution in [3.63, 3.8) is 0 Å². The third kappa shape index (κ3) is 3.67. The summed E-state index contributed by atoms with van der Waals surface area (Å²) in [6, 6.07) is 8.60. The summed E-state index contributed by atoms with van der Waals surface area (Å²) in [5.41, 5.74) is 0.904. The molecule has 2 aromatic rings. The first-order valence-corrected chi connectivity index (χ1v) is 5.65. The van der Waals surface area contributed by atoms with Gasteiger partial charge in [0.05, 0.1) is 11.3 Å². The van der Waals surface area contributed by atoms with Crippen molar-refractivity contribution in [2.24, 2.45) is 0 Å². The average molecular weight is 267 g/mol. The fourth-order valence-corrected chi connectivity index (χ4v) is 1.50. The lowest BCUT2D eigenvalue weighted by Crippen LogP contribution is -2.06. The van der Waals surface area contributed by atoms with Crippen molar-refractivity contribution in [3.8, 4) is 0 Å². The van der Waals surface area contributed by atoms with Gasteiger partial charge in [0.1, 0.15) is 5.82 Å². The molecule has 19 heavy (non-hydrogen) atoms. The number of hydrogen-bond donors (Lipinski definition) is 1. The van der Waals surface area contributed by atoms with Crippen LogP contribution in [0.3, 0.4) is 0 Å². The van der Waals surface area contributed by atoms with Crippen molar-refractivity contribution in [2.45, 2.75) is 19.6 Å². The minimum absolute atomic E-state index is 0.399. The fraction of sp³-hybridized carbons (Fsp3) is 0.231. The van der Waals surface area contributed by atoms with E-state index in [2.05, 4.69) is 15.5 Å². The van der Waals surface area contributed by atoms with Gasteiger partial charge in [0.25, 0.3) is 0 Å². The predicted molar refractivity (Wildman–Crippen MR) is 65.5 cm³/mol. The number of alkyl halides is 3. The third-order valence-corrected chi connectivity index (χ3v) is 2.55. The van der Waals surface area contributed by atoms with Crippen molar-refractivity contribution in [3.05, 3.63) is 53.2 Å². The molecule has 1 N–H and O–H groups in total. The number of anilines is 1. The fourth-order valence-electron chi connectivity index (χ4n) is 1.50. The van der Waals surface area contributed by atoms with E-state index in [1.807, 2.05) is 13.0 Å². The Hall–Kier alpha value is -2.11. The van der Waals surface area contributed by atoms with Gasteiger partial charge in [-0.3, -0.25) is 0 Å². The number of hydrogen-bond acceptors (Lipinski definition) is 3. The van der Waals surface area contributed by atoms with Crippen molar-refractivity contribution in [1.29, 1.82) is 0 Å².